The molecule has 0 aliphatic carbocycles. The molecule has 0 unspecified atom stereocenters. The molecular formula is C20H24BFO3. The predicted molar refractivity (Wildman–Crippen MR) is 97.6 cm³/mol. The van der Waals surface area contributed by atoms with Crippen LogP contribution in [0.25, 0.3) is 0 Å². The lowest BCUT2D eigenvalue weighted by Crippen LogP contribution is -2.41. The molecule has 0 bridgehead atoms. The smallest absolute Gasteiger partial charge is 0.489 e. The van der Waals surface area contributed by atoms with Gasteiger partial charge in [-0.25, -0.2) is 4.39 Å². The van der Waals surface area contributed by atoms with Gasteiger partial charge in [-0.2, -0.15) is 0 Å². The van der Waals surface area contributed by atoms with Gasteiger partial charge in [0, 0.05) is 6.07 Å². The van der Waals surface area contributed by atoms with Crippen LogP contribution in [0.4, 0.5) is 4.39 Å². The summed E-state index contributed by atoms with van der Waals surface area (Å²) in [5, 5.41) is 0. The Morgan fingerprint density at radius 1 is 1.00 bits per heavy atom. The van der Waals surface area contributed by atoms with Crippen LogP contribution < -0.4 is 10.2 Å². The summed E-state index contributed by atoms with van der Waals surface area (Å²) in [6, 6.07) is 12.5. The Bertz CT molecular complexity index is 757. The second-order valence-electron chi connectivity index (χ2n) is 7.53. The number of hydrogen-bond acceptors (Lipinski definition) is 3. The first kappa shape index (κ1) is 18.0. The van der Waals surface area contributed by atoms with Crippen LogP contribution in [0.2, 0.25) is 0 Å². The van der Waals surface area contributed by atoms with E-state index in [0.717, 1.165) is 16.6 Å². The molecule has 0 radical (unpaired) electrons. The average molecular weight is 342 g/mol. The molecular weight excluding hydrogens is 318 g/mol. The van der Waals surface area contributed by atoms with Crippen molar-refractivity contribution in [3.8, 4) is 5.75 Å². The molecule has 1 heterocycles. The highest BCUT2D eigenvalue weighted by Crippen LogP contribution is 2.36. The van der Waals surface area contributed by atoms with Gasteiger partial charge < -0.3 is 14.0 Å². The summed E-state index contributed by atoms with van der Waals surface area (Å²) in [4.78, 5) is 0. The minimum atomic E-state index is -0.402. The number of rotatable bonds is 4. The Balaban J connectivity index is 1.73. The van der Waals surface area contributed by atoms with Crippen molar-refractivity contribution in [1.82, 2.24) is 0 Å². The van der Waals surface area contributed by atoms with E-state index in [1.165, 1.54) is 12.1 Å². The van der Waals surface area contributed by atoms with Crippen LogP contribution in [0, 0.1) is 12.7 Å². The van der Waals surface area contributed by atoms with Gasteiger partial charge in [0.05, 0.1) is 11.2 Å². The molecule has 0 N–H and O–H groups in total. The molecule has 3 nitrogen and oxygen atoms in total. The Kier molecular flexibility index (Phi) is 4.65. The molecule has 1 fully saturated rings. The van der Waals surface area contributed by atoms with Crippen LogP contribution in [-0.2, 0) is 15.9 Å². The molecule has 2 aromatic carbocycles. The summed E-state index contributed by atoms with van der Waals surface area (Å²) in [5.41, 5.74) is 2.10. The van der Waals surface area contributed by atoms with Gasteiger partial charge >= 0.3 is 7.12 Å². The maximum atomic E-state index is 13.4. The van der Waals surface area contributed by atoms with E-state index >= 15 is 0 Å². The van der Waals surface area contributed by atoms with Crippen LogP contribution in [-0.4, -0.2) is 18.3 Å². The molecule has 0 amide bonds. The Morgan fingerprint density at radius 3 is 2.36 bits per heavy atom. The van der Waals surface area contributed by atoms with Gasteiger partial charge in [-0.1, -0.05) is 30.3 Å². The van der Waals surface area contributed by atoms with Crippen molar-refractivity contribution in [2.45, 2.75) is 52.4 Å². The summed E-state index contributed by atoms with van der Waals surface area (Å²) >= 11 is 0. The van der Waals surface area contributed by atoms with E-state index in [1.54, 1.807) is 6.07 Å². The highest BCUT2D eigenvalue weighted by Gasteiger charge is 2.51. The molecule has 5 heteroatoms. The van der Waals surface area contributed by atoms with Gasteiger partial charge in [-0.15, -0.1) is 0 Å². The first-order valence-corrected chi connectivity index (χ1v) is 8.51. The minimum absolute atomic E-state index is 0.299. The van der Waals surface area contributed by atoms with E-state index < -0.39 is 7.12 Å². The van der Waals surface area contributed by atoms with E-state index in [9.17, 15) is 4.39 Å². The quantitative estimate of drug-likeness (QED) is 0.786. The third-order valence-electron chi connectivity index (χ3n) is 5.02. The van der Waals surface area contributed by atoms with Crippen LogP contribution in [0.1, 0.15) is 38.8 Å². The van der Waals surface area contributed by atoms with Crippen LogP contribution in [0.3, 0.4) is 0 Å². The molecule has 3 rings (SSSR count). The van der Waals surface area contributed by atoms with E-state index in [0.29, 0.717) is 12.4 Å². The van der Waals surface area contributed by atoms with E-state index in [2.05, 4.69) is 0 Å². The van der Waals surface area contributed by atoms with Gasteiger partial charge in [0.1, 0.15) is 18.2 Å². The van der Waals surface area contributed by atoms with Gasteiger partial charge in [-0.05, 0) is 57.3 Å². The molecule has 1 aliphatic rings. The lowest BCUT2D eigenvalue weighted by atomic mass is 9.78. The zero-order chi connectivity index (χ0) is 18.2. The normalized spacial score (nSPS) is 18.4. The number of halogens is 1. The third-order valence-corrected chi connectivity index (χ3v) is 5.02. The van der Waals surface area contributed by atoms with Crippen molar-refractivity contribution in [2.75, 3.05) is 0 Å². The van der Waals surface area contributed by atoms with Crippen molar-refractivity contribution in [2.24, 2.45) is 0 Å². The van der Waals surface area contributed by atoms with E-state index in [-0.39, 0.29) is 17.0 Å². The van der Waals surface area contributed by atoms with E-state index in [1.807, 2.05) is 58.9 Å². The Morgan fingerprint density at radius 2 is 1.68 bits per heavy atom. The molecule has 1 saturated heterocycles. The SMILES string of the molecule is Cc1ccc(F)cc1OCc1cccc(B2OC(C)(C)C(C)(C)O2)c1. The zero-order valence-corrected chi connectivity index (χ0v) is 15.4. The summed E-state index contributed by atoms with van der Waals surface area (Å²) in [5.74, 6) is 0.257. The molecule has 132 valence electrons. The number of ether oxygens (including phenoxy) is 1. The predicted octanol–water partition coefficient (Wildman–Crippen LogP) is 4.01. The molecule has 0 atom stereocenters. The Labute approximate surface area is 149 Å². The van der Waals surface area contributed by atoms with E-state index in [4.69, 9.17) is 14.0 Å². The largest absolute Gasteiger partial charge is 0.494 e. The molecule has 0 spiro atoms. The van der Waals surface area contributed by atoms with Crippen molar-refractivity contribution < 1.29 is 18.4 Å². The molecule has 1 aliphatic heterocycles. The molecule has 0 aromatic heterocycles. The fourth-order valence-electron chi connectivity index (χ4n) is 2.70. The van der Waals surface area contributed by atoms with Gasteiger partial charge in [0.15, 0.2) is 0 Å². The molecule has 25 heavy (non-hydrogen) atoms. The first-order valence-electron chi connectivity index (χ1n) is 8.51. The number of benzene rings is 2. The third kappa shape index (κ3) is 3.72. The second-order valence-corrected chi connectivity index (χ2v) is 7.53. The highest BCUT2D eigenvalue weighted by atomic mass is 19.1. The van der Waals surface area contributed by atoms with Crippen molar-refractivity contribution in [3.05, 3.63) is 59.4 Å². The fourth-order valence-corrected chi connectivity index (χ4v) is 2.70. The molecule has 0 saturated carbocycles. The fraction of sp³-hybridized carbons (Fsp3) is 0.400. The highest BCUT2D eigenvalue weighted by molar-refractivity contribution is 6.62. The second kappa shape index (κ2) is 6.47. The lowest BCUT2D eigenvalue weighted by Gasteiger charge is -2.32. The number of hydrogen-bond donors (Lipinski definition) is 0. The van der Waals surface area contributed by atoms with Gasteiger partial charge in [-0.3, -0.25) is 0 Å². The van der Waals surface area contributed by atoms with Crippen molar-refractivity contribution >= 4 is 12.6 Å². The topological polar surface area (TPSA) is 27.7 Å². The maximum absolute atomic E-state index is 13.4. The first-order chi connectivity index (χ1) is 11.7. The monoisotopic (exact) mass is 342 g/mol. The summed E-state index contributed by atoms with van der Waals surface area (Å²) < 4.78 is 31.3. The zero-order valence-electron chi connectivity index (χ0n) is 15.4. The lowest BCUT2D eigenvalue weighted by molar-refractivity contribution is 0.00578. The van der Waals surface area contributed by atoms with Gasteiger partial charge in [0.25, 0.3) is 0 Å². The average Bonchev–Trinajstić information content (AvgIpc) is 2.77. The molecule has 2 aromatic rings. The maximum Gasteiger partial charge on any atom is 0.494 e. The Hall–Kier alpha value is -1.85. The summed E-state index contributed by atoms with van der Waals surface area (Å²) in [6.07, 6.45) is 0. The summed E-state index contributed by atoms with van der Waals surface area (Å²) in [6.45, 7) is 10.4. The van der Waals surface area contributed by atoms with Crippen LogP contribution in [0.5, 0.6) is 5.75 Å². The van der Waals surface area contributed by atoms with Crippen molar-refractivity contribution in [1.29, 1.82) is 0 Å². The minimum Gasteiger partial charge on any atom is -0.489 e. The van der Waals surface area contributed by atoms with Crippen LogP contribution >= 0.6 is 0 Å². The number of aryl methyl sites for hydroxylation is 1. The summed E-state index contributed by atoms with van der Waals surface area (Å²) in [7, 11) is -0.402. The van der Waals surface area contributed by atoms with Gasteiger partial charge in [0.2, 0.25) is 0 Å². The van der Waals surface area contributed by atoms with Crippen molar-refractivity contribution in [3.63, 3.8) is 0 Å². The van der Waals surface area contributed by atoms with Crippen LogP contribution in [0.15, 0.2) is 42.5 Å². The standard InChI is InChI=1S/C20H24BFO3/c1-14-9-10-17(22)12-18(14)23-13-15-7-6-8-16(11-15)21-24-19(2,3)20(4,5)25-21/h6-12H,13H2,1-5H3.